The molecule has 2 N–H and O–H groups in total. The van der Waals surface area contributed by atoms with Gasteiger partial charge in [0.15, 0.2) is 13.1 Å². The zero-order valence-electron chi connectivity index (χ0n) is 14.3. The molecule has 0 aliphatic rings. The molecule has 0 aliphatic heterocycles. The molecule has 1 aromatic carbocycles. The Bertz CT molecular complexity index is 564. The largest absolute Gasteiger partial charge is 0.495 e. The van der Waals surface area contributed by atoms with Crippen molar-refractivity contribution in [3.05, 3.63) is 23.2 Å². The standard InChI is InChI=1S/C16H24ClN3O3/c1-11(2)20(4)16(22)10-19(3)9-15(21)18-13-8-12(17)6-7-14(13)23-5/h6-8,11H,9-10H2,1-5H3,(H,18,21)/p+1. The third kappa shape index (κ3) is 6.08. The molecule has 7 heteroatoms. The highest BCUT2D eigenvalue weighted by Gasteiger charge is 2.19. The van der Waals surface area contributed by atoms with Crippen LogP contribution in [-0.2, 0) is 9.59 Å². The lowest BCUT2D eigenvalue weighted by molar-refractivity contribution is -0.862. The molecule has 0 aromatic heterocycles. The van der Waals surface area contributed by atoms with Crippen molar-refractivity contribution in [3.63, 3.8) is 0 Å². The van der Waals surface area contributed by atoms with Crippen molar-refractivity contribution < 1.29 is 19.2 Å². The molecule has 0 radical (unpaired) electrons. The number of hydrogen-bond acceptors (Lipinski definition) is 3. The molecule has 0 aliphatic carbocycles. The minimum Gasteiger partial charge on any atom is -0.495 e. The van der Waals surface area contributed by atoms with E-state index in [9.17, 15) is 9.59 Å². The lowest BCUT2D eigenvalue weighted by atomic mass is 10.3. The summed E-state index contributed by atoms with van der Waals surface area (Å²) >= 11 is 5.93. The van der Waals surface area contributed by atoms with Crippen molar-refractivity contribution >= 4 is 29.1 Å². The molecule has 2 amide bonds. The number of carbonyl (C=O) groups is 2. The number of likely N-dealkylation sites (N-methyl/N-ethyl adjacent to an activating group) is 2. The van der Waals surface area contributed by atoms with Crippen molar-refractivity contribution in [3.8, 4) is 5.75 Å². The number of quaternary nitrogens is 1. The first-order chi connectivity index (χ1) is 10.7. The van der Waals surface area contributed by atoms with E-state index in [0.29, 0.717) is 16.5 Å². The molecule has 6 nitrogen and oxygen atoms in total. The first-order valence-corrected chi connectivity index (χ1v) is 7.82. The van der Waals surface area contributed by atoms with Crippen LogP contribution >= 0.6 is 11.6 Å². The third-order valence-electron chi connectivity index (χ3n) is 3.52. The maximum absolute atomic E-state index is 12.1. The number of halogens is 1. The topological polar surface area (TPSA) is 63.1 Å². The van der Waals surface area contributed by atoms with Crippen LogP contribution in [0.2, 0.25) is 5.02 Å². The van der Waals surface area contributed by atoms with Crippen molar-refractivity contribution in [1.29, 1.82) is 0 Å². The number of benzene rings is 1. The van der Waals surface area contributed by atoms with Gasteiger partial charge >= 0.3 is 0 Å². The van der Waals surface area contributed by atoms with Crippen LogP contribution < -0.4 is 15.0 Å². The average Bonchev–Trinajstić information content (AvgIpc) is 2.46. The second-order valence-electron chi connectivity index (χ2n) is 5.80. The number of ether oxygens (including phenoxy) is 1. The fourth-order valence-corrected chi connectivity index (χ4v) is 2.15. The summed E-state index contributed by atoms with van der Waals surface area (Å²) in [5.41, 5.74) is 0.517. The molecular weight excluding hydrogens is 318 g/mol. The van der Waals surface area contributed by atoms with Crippen LogP contribution in [-0.4, -0.2) is 57.1 Å². The van der Waals surface area contributed by atoms with E-state index in [1.807, 2.05) is 13.8 Å². The predicted molar refractivity (Wildman–Crippen MR) is 91.2 cm³/mol. The Morgan fingerprint density at radius 1 is 1.35 bits per heavy atom. The van der Waals surface area contributed by atoms with Crippen LogP contribution in [0, 0.1) is 0 Å². The molecule has 0 spiro atoms. The van der Waals surface area contributed by atoms with E-state index in [2.05, 4.69) is 5.32 Å². The van der Waals surface area contributed by atoms with Crippen molar-refractivity contribution in [2.24, 2.45) is 0 Å². The molecule has 1 atom stereocenters. The second-order valence-corrected chi connectivity index (χ2v) is 6.24. The van der Waals surface area contributed by atoms with Gasteiger partial charge in [-0.25, -0.2) is 0 Å². The van der Waals surface area contributed by atoms with Gasteiger partial charge in [0.05, 0.1) is 19.8 Å². The fourth-order valence-electron chi connectivity index (χ4n) is 1.98. The van der Waals surface area contributed by atoms with Crippen molar-refractivity contribution in [2.75, 3.05) is 39.6 Å². The molecule has 1 unspecified atom stereocenters. The number of anilines is 1. The highest BCUT2D eigenvalue weighted by atomic mass is 35.5. The van der Waals surface area contributed by atoms with Gasteiger partial charge in [-0.05, 0) is 32.0 Å². The van der Waals surface area contributed by atoms with Gasteiger partial charge in [0.1, 0.15) is 5.75 Å². The number of rotatable bonds is 7. The van der Waals surface area contributed by atoms with E-state index in [1.165, 1.54) is 7.11 Å². The van der Waals surface area contributed by atoms with Crippen LogP contribution in [0.15, 0.2) is 18.2 Å². The van der Waals surface area contributed by atoms with E-state index >= 15 is 0 Å². The summed E-state index contributed by atoms with van der Waals surface area (Å²) in [6.45, 7) is 4.33. The summed E-state index contributed by atoms with van der Waals surface area (Å²) < 4.78 is 5.19. The monoisotopic (exact) mass is 342 g/mol. The van der Waals surface area contributed by atoms with E-state index in [4.69, 9.17) is 16.3 Å². The van der Waals surface area contributed by atoms with E-state index in [-0.39, 0.29) is 30.9 Å². The smallest absolute Gasteiger partial charge is 0.279 e. The lowest BCUT2D eigenvalue weighted by Crippen LogP contribution is -3.11. The minimum absolute atomic E-state index is 0.00522. The molecule has 23 heavy (non-hydrogen) atoms. The summed E-state index contributed by atoms with van der Waals surface area (Å²) in [7, 11) is 5.09. The number of amides is 2. The number of nitrogens with one attached hydrogen (secondary N) is 2. The maximum atomic E-state index is 12.1. The third-order valence-corrected chi connectivity index (χ3v) is 3.75. The zero-order chi connectivity index (χ0) is 17.6. The summed E-state index contributed by atoms with van der Waals surface area (Å²) in [6.07, 6.45) is 0. The van der Waals surface area contributed by atoms with Gasteiger partial charge in [-0.2, -0.15) is 0 Å². The lowest BCUT2D eigenvalue weighted by Gasteiger charge is -2.23. The molecule has 1 aromatic rings. The maximum Gasteiger partial charge on any atom is 0.279 e. The number of hydrogen-bond donors (Lipinski definition) is 2. The highest BCUT2D eigenvalue weighted by molar-refractivity contribution is 6.31. The van der Waals surface area contributed by atoms with Gasteiger partial charge in [0, 0.05) is 18.1 Å². The number of nitrogens with zero attached hydrogens (tertiary/aromatic N) is 1. The quantitative estimate of drug-likeness (QED) is 0.765. The van der Waals surface area contributed by atoms with Gasteiger partial charge < -0.3 is 19.9 Å². The first kappa shape index (κ1) is 19.3. The molecule has 0 heterocycles. The minimum atomic E-state index is -0.205. The van der Waals surface area contributed by atoms with Crippen LogP contribution in [0.1, 0.15) is 13.8 Å². The summed E-state index contributed by atoms with van der Waals surface area (Å²) in [5, 5.41) is 3.27. The van der Waals surface area contributed by atoms with Crippen LogP contribution in [0.4, 0.5) is 5.69 Å². The van der Waals surface area contributed by atoms with Crippen molar-refractivity contribution in [2.45, 2.75) is 19.9 Å². The number of methoxy groups -OCH3 is 1. The summed E-state index contributed by atoms with van der Waals surface area (Å²) in [5.74, 6) is 0.338. The van der Waals surface area contributed by atoms with Gasteiger partial charge in [-0.3, -0.25) is 9.59 Å². The van der Waals surface area contributed by atoms with E-state index in [0.717, 1.165) is 4.90 Å². The SMILES string of the molecule is COc1ccc(Cl)cc1NC(=O)C[NH+](C)CC(=O)N(C)C(C)C. The molecule has 1 rings (SSSR count). The summed E-state index contributed by atoms with van der Waals surface area (Å²) in [6, 6.07) is 5.15. The van der Waals surface area contributed by atoms with Crippen molar-refractivity contribution in [1.82, 2.24) is 4.90 Å². The van der Waals surface area contributed by atoms with Crippen LogP contribution in [0.3, 0.4) is 0 Å². The average molecular weight is 343 g/mol. The van der Waals surface area contributed by atoms with Gasteiger partial charge in [-0.15, -0.1) is 0 Å². The van der Waals surface area contributed by atoms with Crippen LogP contribution in [0.25, 0.3) is 0 Å². The highest BCUT2D eigenvalue weighted by Crippen LogP contribution is 2.27. The molecular formula is C16H25ClN3O3+. The Morgan fingerprint density at radius 2 is 2.00 bits per heavy atom. The number of carbonyl (C=O) groups excluding carboxylic acids is 2. The molecule has 0 bridgehead atoms. The normalized spacial score (nSPS) is 12.0. The zero-order valence-corrected chi connectivity index (χ0v) is 15.0. The molecule has 0 saturated heterocycles. The molecule has 0 saturated carbocycles. The Morgan fingerprint density at radius 3 is 2.57 bits per heavy atom. The van der Waals surface area contributed by atoms with Crippen LogP contribution in [0.5, 0.6) is 5.75 Å². The Labute approximate surface area is 142 Å². The van der Waals surface area contributed by atoms with E-state index < -0.39 is 0 Å². The van der Waals surface area contributed by atoms with E-state index in [1.54, 1.807) is 37.2 Å². The van der Waals surface area contributed by atoms with Gasteiger partial charge in [-0.1, -0.05) is 11.6 Å². The van der Waals surface area contributed by atoms with Gasteiger partial charge in [0.25, 0.3) is 11.8 Å². The Balaban J connectivity index is 2.60. The van der Waals surface area contributed by atoms with Gasteiger partial charge in [0.2, 0.25) is 0 Å². The second kappa shape index (κ2) is 8.74. The Kier molecular flexibility index (Phi) is 7.32. The first-order valence-electron chi connectivity index (χ1n) is 7.45. The Hall–Kier alpha value is -1.79. The summed E-state index contributed by atoms with van der Waals surface area (Å²) in [4.78, 5) is 26.6. The fraction of sp³-hybridized carbons (Fsp3) is 0.500. The molecule has 0 fully saturated rings. The molecule has 128 valence electrons. The predicted octanol–water partition coefficient (Wildman–Crippen LogP) is 0.669.